The molecule has 0 radical (unpaired) electrons. The fourth-order valence-corrected chi connectivity index (χ4v) is 3.09. The minimum atomic E-state index is 0.531. The maximum atomic E-state index is 6.25. The van der Waals surface area contributed by atoms with Crippen molar-refractivity contribution >= 4 is 28.8 Å². The smallest absolute Gasteiger partial charge is 0.0667 e. The van der Waals surface area contributed by atoms with Gasteiger partial charge in [-0.15, -0.1) is 0 Å². The Morgan fingerprint density at radius 2 is 2.06 bits per heavy atom. The Labute approximate surface area is 105 Å². The minimum absolute atomic E-state index is 0.531. The molecule has 3 heteroatoms. The Morgan fingerprint density at radius 1 is 1.19 bits per heavy atom. The maximum Gasteiger partial charge on any atom is 0.0667 e. The second kappa shape index (κ2) is 4.06. The molecule has 1 fully saturated rings. The van der Waals surface area contributed by atoms with Gasteiger partial charge in [-0.1, -0.05) is 41.4 Å². The van der Waals surface area contributed by atoms with E-state index in [1.807, 2.05) is 12.1 Å². The Morgan fingerprint density at radius 3 is 2.88 bits per heavy atom. The van der Waals surface area contributed by atoms with Crippen molar-refractivity contribution < 1.29 is 0 Å². The average molecular weight is 254 g/mol. The largest absolute Gasteiger partial charge is 0.307 e. The van der Waals surface area contributed by atoms with Crippen LogP contribution in [-0.4, -0.2) is 12.1 Å². The first-order valence-electron chi connectivity index (χ1n) is 5.65. The number of hydrogen-bond donors (Lipinski definition) is 1. The van der Waals surface area contributed by atoms with Crippen LogP contribution in [0.1, 0.15) is 24.8 Å². The van der Waals surface area contributed by atoms with Crippen LogP contribution < -0.4 is 5.32 Å². The standard InChI is InChI=1S/C13H13Cl2N/c14-12-3-1-2-11(13(12)15)8-6-9-4-5-10(7-8)16-9/h1-3,6,9-10,16H,4-5,7H2. The van der Waals surface area contributed by atoms with Gasteiger partial charge in [0, 0.05) is 12.1 Å². The first-order chi connectivity index (χ1) is 7.74. The molecule has 1 saturated heterocycles. The predicted octanol–water partition coefficient (Wildman–Crippen LogP) is 3.90. The SMILES string of the molecule is Clc1cccc(C2=CC3CCC(C2)N3)c1Cl. The summed E-state index contributed by atoms with van der Waals surface area (Å²) in [6, 6.07) is 7.02. The number of benzene rings is 1. The number of hydrogen-bond acceptors (Lipinski definition) is 1. The Bertz CT molecular complexity index is 453. The third-order valence-electron chi connectivity index (χ3n) is 3.44. The van der Waals surface area contributed by atoms with Crippen molar-refractivity contribution in [2.75, 3.05) is 0 Å². The molecule has 2 heterocycles. The molecule has 1 N–H and O–H groups in total. The first kappa shape index (κ1) is 10.6. The van der Waals surface area contributed by atoms with Crippen molar-refractivity contribution in [3.05, 3.63) is 39.9 Å². The summed E-state index contributed by atoms with van der Waals surface area (Å²) in [6.07, 6.45) is 5.88. The summed E-state index contributed by atoms with van der Waals surface area (Å²) in [5.41, 5.74) is 2.45. The van der Waals surface area contributed by atoms with Gasteiger partial charge in [-0.25, -0.2) is 0 Å². The van der Waals surface area contributed by atoms with E-state index in [0.717, 1.165) is 12.0 Å². The zero-order valence-electron chi connectivity index (χ0n) is 8.84. The molecule has 1 nitrogen and oxygen atoms in total. The number of rotatable bonds is 1. The van der Waals surface area contributed by atoms with Gasteiger partial charge in [0.15, 0.2) is 0 Å². The lowest BCUT2D eigenvalue weighted by Crippen LogP contribution is -2.31. The third kappa shape index (κ3) is 1.77. The molecule has 2 aliphatic heterocycles. The first-order valence-corrected chi connectivity index (χ1v) is 6.41. The second-order valence-corrected chi connectivity index (χ2v) is 5.33. The van der Waals surface area contributed by atoms with E-state index in [2.05, 4.69) is 17.5 Å². The molecular weight excluding hydrogens is 241 g/mol. The molecule has 3 rings (SSSR count). The highest BCUT2D eigenvalue weighted by Gasteiger charge is 2.28. The summed E-state index contributed by atoms with van der Waals surface area (Å²) in [6.45, 7) is 0. The summed E-state index contributed by atoms with van der Waals surface area (Å²) in [7, 11) is 0. The van der Waals surface area contributed by atoms with Gasteiger partial charge in [-0.3, -0.25) is 0 Å². The molecule has 84 valence electrons. The van der Waals surface area contributed by atoms with Crippen LogP contribution in [0.3, 0.4) is 0 Å². The van der Waals surface area contributed by atoms with Gasteiger partial charge in [-0.05, 0) is 36.5 Å². The predicted molar refractivity (Wildman–Crippen MR) is 69.0 cm³/mol. The monoisotopic (exact) mass is 253 g/mol. The van der Waals surface area contributed by atoms with Gasteiger partial charge in [-0.2, -0.15) is 0 Å². The molecule has 0 amide bonds. The van der Waals surface area contributed by atoms with Gasteiger partial charge >= 0.3 is 0 Å². The molecule has 2 bridgehead atoms. The molecular formula is C13H13Cl2N. The van der Waals surface area contributed by atoms with E-state index >= 15 is 0 Å². The molecule has 1 aromatic carbocycles. The van der Waals surface area contributed by atoms with Crippen LogP contribution in [0.5, 0.6) is 0 Å². The molecule has 0 aromatic heterocycles. The fourth-order valence-electron chi connectivity index (χ4n) is 2.67. The number of nitrogens with one attached hydrogen (secondary N) is 1. The van der Waals surface area contributed by atoms with E-state index in [-0.39, 0.29) is 0 Å². The van der Waals surface area contributed by atoms with Crippen molar-refractivity contribution in [2.45, 2.75) is 31.3 Å². The van der Waals surface area contributed by atoms with Crippen LogP contribution in [0.4, 0.5) is 0 Å². The van der Waals surface area contributed by atoms with Crippen molar-refractivity contribution in [1.29, 1.82) is 0 Å². The van der Waals surface area contributed by atoms with Gasteiger partial charge in [0.2, 0.25) is 0 Å². The number of halogens is 2. The lowest BCUT2D eigenvalue weighted by molar-refractivity contribution is 0.575. The lowest BCUT2D eigenvalue weighted by Gasteiger charge is -2.22. The Balaban J connectivity index is 2.01. The quantitative estimate of drug-likeness (QED) is 0.801. The topological polar surface area (TPSA) is 12.0 Å². The molecule has 16 heavy (non-hydrogen) atoms. The summed E-state index contributed by atoms with van der Waals surface area (Å²) in [4.78, 5) is 0. The molecule has 0 aliphatic carbocycles. The summed E-state index contributed by atoms with van der Waals surface area (Å²) < 4.78 is 0. The maximum absolute atomic E-state index is 6.25. The van der Waals surface area contributed by atoms with Crippen molar-refractivity contribution in [2.24, 2.45) is 0 Å². The van der Waals surface area contributed by atoms with E-state index in [1.54, 1.807) is 0 Å². The molecule has 1 aromatic rings. The zero-order chi connectivity index (χ0) is 11.1. The van der Waals surface area contributed by atoms with Crippen molar-refractivity contribution in [1.82, 2.24) is 5.32 Å². The van der Waals surface area contributed by atoms with Gasteiger partial charge in [0.05, 0.1) is 10.0 Å². The zero-order valence-corrected chi connectivity index (χ0v) is 10.4. The van der Waals surface area contributed by atoms with E-state index in [1.165, 1.54) is 18.4 Å². The molecule has 0 saturated carbocycles. The van der Waals surface area contributed by atoms with Crippen LogP contribution in [-0.2, 0) is 0 Å². The van der Waals surface area contributed by atoms with E-state index in [4.69, 9.17) is 23.2 Å². The Kier molecular flexibility index (Phi) is 2.70. The lowest BCUT2D eigenvalue weighted by atomic mass is 9.96. The fraction of sp³-hybridized carbons (Fsp3) is 0.385. The molecule has 2 unspecified atom stereocenters. The van der Waals surface area contributed by atoms with Crippen LogP contribution in [0, 0.1) is 0 Å². The second-order valence-electron chi connectivity index (χ2n) is 4.54. The highest BCUT2D eigenvalue weighted by Crippen LogP contribution is 2.37. The Hall–Kier alpha value is -0.500. The van der Waals surface area contributed by atoms with E-state index in [9.17, 15) is 0 Å². The normalized spacial score (nSPS) is 28.0. The summed E-state index contributed by atoms with van der Waals surface area (Å²) in [5, 5.41) is 4.91. The van der Waals surface area contributed by atoms with Crippen LogP contribution >= 0.6 is 23.2 Å². The molecule has 0 spiro atoms. The highest BCUT2D eigenvalue weighted by molar-refractivity contribution is 6.43. The van der Waals surface area contributed by atoms with Crippen LogP contribution in [0.2, 0.25) is 10.0 Å². The van der Waals surface area contributed by atoms with Gasteiger partial charge in [0.1, 0.15) is 0 Å². The van der Waals surface area contributed by atoms with Gasteiger partial charge in [0.25, 0.3) is 0 Å². The molecule has 2 atom stereocenters. The number of fused-ring (bicyclic) bond motifs is 2. The van der Waals surface area contributed by atoms with Gasteiger partial charge < -0.3 is 5.32 Å². The summed E-state index contributed by atoms with van der Waals surface area (Å²) >= 11 is 12.3. The molecule has 2 aliphatic rings. The highest BCUT2D eigenvalue weighted by atomic mass is 35.5. The average Bonchev–Trinajstić information content (AvgIpc) is 2.62. The minimum Gasteiger partial charge on any atom is -0.307 e. The van der Waals surface area contributed by atoms with Crippen LogP contribution in [0.25, 0.3) is 5.57 Å². The van der Waals surface area contributed by atoms with Crippen molar-refractivity contribution in [3.8, 4) is 0 Å². The van der Waals surface area contributed by atoms with Crippen LogP contribution in [0.15, 0.2) is 24.3 Å². The van der Waals surface area contributed by atoms with Crippen molar-refractivity contribution in [3.63, 3.8) is 0 Å². The van der Waals surface area contributed by atoms with E-state index in [0.29, 0.717) is 22.1 Å². The third-order valence-corrected chi connectivity index (χ3v) is 4.26. The summed E-state index contributed by atoms with van der Waals surface area (Å²) in [5.74, 6) is 0. The van der Waals surface area contributed by atoms with E-state index < -0.39 is 0 Å².